The minimum absolute atomic E-state index is 0.00175. The summed E-state index contributed by atoms with van der Waals surface area (Å²) in [6.07, 6.45) is 2.37. The topological polar surface area (TPSA) is 44.1 Å². The molecule has 0 bridgehead atoms. The van der Waals surface area contributed by atoms with Gasteiger partial charge in [-0.25, -0.2) is 4.98 Å². The molecule has 4 heteroatoms. The molecule has 24 heavy (non-hydrogen) atoms. The van der Waals surface area contributed by atoms with Crippen molar-refractivity contribution in [1.82, 2.24) is 9.55 Å². The van der Waals surface area contributed by atoms with Gasteiger partial charge in [-0.15, -0.1) is 0 Å². The number of aromatic nitrogens is 2. The van der Waals surface area contributed by atoms with Gasteiger partial charge in [0.25, 0.3) is 5.56 Å². The maximum absolute atomic E-state index is 12.4. The van der Waals surface area contributed by atoms with Crippen LogP contribution in [0.5, 0.6) is 5.75 Å². The number of rotatable bonds is 6. The number of nitrogens with zero attached hydrogens (tertiary/aromatic N) is 2. The molecule has 0 spiro atoms. The number of fused-ring (bicyclic) bond motifs is 1. The summed E-state index contributed by atoms with van der Waals surface area (Å²) in [6, 6.07) is 15.6. The predicted molar refractivity (Wildman–Crippen MR) is 96.6 cm³/mol. The molecular formula is C20H22N2O2. The number of hydrogen-bond acceptors (Lipinski definition) is 3. The monoisotopic (exact) mass is 322 g/mol. The van der Waals surface area contributed by atoms with E-state index in [1.54, 1.807) is 10.9 Å². The summed E-state index contributed by atoms with van der Waals surface area (Å²) < 4.78 is 7.40. The van der Waals surface area contributed by atoms with E-state index in [9.17, 15) is 4.79 Å². The van der Waals surface area contributed by atoms with Gasteiger partial charge < -0.3 is 4.74 Å². The Labute approximate surface area is 141 Å². The number of ether oxygens (including phenoxy) is 1. The van der Waals surface area contributed by atoms with Crippen molar-refractivity contribution in [3.05, 3.63) is 70.8 Å². The summed E-state index contributed by atoms with van der Waals surface area (Å²) in [5.41, 5.74) is 2.04. The van der Waals surface area contributed by atoms with Gasteiger partial charge in [-0.05, 0) is 42.2 Å². The summed E-state index contributed by atoms with van der Waals surface area (Å²) in [5, 5.41) is 0.658. The van der Waals surface area contributed by atoms with E-state index in [0.29, 0.717) is 24.5 Å². The molecule has 0 aliphatic carbocycles. The smallest absolute Gasteiger partial charge is 0.261 e. The summed E-state index contributed by atoms with van der Waals surface area (Å²) in [5.74, 6) is 1.38. The Balaban J connectivity index is 1.57. The van der Waals surface area contributed by atoms with Gasteiger partial charge in [0.2, 0.25) is 0 Å². The minimum Gasteiger partial charge on any atom is -0.494 e. The molecule has 4 nitrogen and oxygen atoms in total. The van der Waals surface area contributed by atoms with E-state index < -0.39 is 0 Å². The van der Waals surface area contributed by atoms with E-state index in [1.807, 2.05) is 36.4 Å². The average Bonchev–Trinajstić information content (AvgIpc) is 2.61. The van der Waals surface area contributed by atoms with E-state index in [0.717, 1.165) is 17.7 Å². The van der Waals surface area contributed by atoms with Crippen LogP contribution in [0.2, 0.25) is 0 Å². The second-order valence-electron chi connectivity index (χ2n) is 6.19. The SMILES string of the molecule is CC(C)c1ccc(OCCCn2cnc3ccccc3c2=O)cc1. The maximum atomic E-state index is 12.4. The Morgan fingerprint density at radius 3 is 2.58 bits per heavy atom. The zero-order valence-electron chi connectivity index (χ0n) is 14.1. The molecule has 3 rings (SSSR count). The van der Waals surface area contributed by atoms with Gasteiger partial charge >= 0.3 is 0 Å². The van der Waals surface area contributed by atoms with Crippen LogP contribution < -0.4 is 10.3 Å². The summed E-state index contributed by atoms with van der Waals surface area (Å²) in [4.78, 5) is 16.7. The van der Waals surface area contributed by atoms with Crippen LogP contribution in [0.25, 0.3) is 10.9 Å². The van der Waals surface area contributed by atoms with Crippen LogP contribution in [0.1, 0.15) is 31.7 Å². The highest BCUT2D eigenvalue weighted by molar-refractivity contribution is 5.76. The number of benzene rings is 2. The standard InChI is InChI=1S/C20H22N2O2/c1-15(2)16-8-10-17(11-9-16)24-13-5-12-22-14-21-19-7-4-3-6-18(19)20(22)23/h3-4,6-11,14-15H,5,12-13H2,1-2H3. The van der Waals surface area contributed by atoms with E-state index in [-0.39, 0.29) is 5.56 Å². The fourth-order valence-corrected chi connectivity index (χ4v) is 2.64. The third-order valence-corrected chi connectivity index (χ3v) is 4.09. The highest BCUT2D eigenvalue weighted by atomic mass is 16.5. The highest BCUT2D eigenvalue weighted by Gasteiger charge is 2.03. The van der Waals surface area contributed by atoms with Crippen molar-refractivity contribution in [2.24, 2.45) is 0 Å². The molecule has 0 saturated heterocycles. The quantitative estimate of drug-likeness (QED) is 0.645. The van der Waals surface area contributed by atoms with Crippen molar-refractivity contribution in [1.29, 1.82) is 0 Å². The highest BCUT2D eigenvalue weighted by Crippen LogP contribution is 2.18. The third-order valence-electron chi connectivity index (χ3n) is 4.09. The van der Waals surface area contributed by atoms with Crippen LogP contribution in [0, 0.1) is 0 Å². The molecule has 0 fully saturated rings. The molecule has 0 aliphatic heterocycles. The van der Waals surface area contributed by atoms with Crippen LogP contribution in [0.4, 0.5) is 0 Å². The second kappa shape index (κ2) is 7.30. The van der Waals surface area contributed by atoms with E-state index in [1.165, 1.54) is 5.56 Å². The summed E-state index contributed by atoms with van der Waals surface area (Å²) in [7, 11) is 0. The van der Waals surface area contributed by atoms with Gasteiger partial charge in [0.05, 0.1) is 23.8 Å². The molecule has 0 N–H and O–H groups in total. The first kappa shape index (κ1) is 16.2. The molecule has 124 valence electrons. The lowest BCUT2D eigenvalue weighted by atomic mass is 10.0. The fraction of sp³-hybridized carbons (Fsp3) is 0.300. The molecule has 0 aliphatic rings. The van der Waals surface area contributed by atoms with Crippen molar-refractivity contribution in [2.45, 2.75) is 32.7 Å². The molecule has 0 unspecified atom stereocenters. The normalized spacial score (nSPS) is 11.1. The minimum atomic E-state index is 0.00175. The van der Waals surface area contributed by atoms with Crippen molar-refractivity contribution in [3.63, 3.8) is 0 Å². The van der Waals surface area contributed by atoms with Crippen molar-refractivity contribution >= 4 is 10.9 Å². The molecule has 0 saturated carbocycles. The van der Waals surface area contributed by atoms with Crippen LogP contribution >= 0.6 is 0 Å². The molecule has 1 aromatic heterocycles. The van der Waals surface area contributed by atoms with E-state index >= 15 is 0 Å². The van der Waals surface area contributed by atoms with Crippen LogP contribution in [-0.2, 0) is 6.54 Å². The Morgan fingerprint density at radius 1 is 1.08 bits per heavy atom. The Morgan fingerprint density at radius 2 is 1.83 bits per heavy atom. The van der Waals surface area contributed by atoms with Gasteiger partial charge in [-0.1, -0.05) is 38.1 Å². The summed E-state index contributed by atoms with van der Waals surface area (Å²) in [6.45, 7) is 5.51. The van der Waals surface area contributed by atoms with Gasteiger partial charge in [0, 0.05) is 6.54 Å². The van der Waals surface area contributed by atoms with Crippen molar-refractivity contribution < 1.29 is 4.74 Å². The lowest BCUT2D eigenvalue weighted by Crippen LogP contribution is -2.21. The third kappa shape index (κ3) is 3.65. The van der Waals surface area contributed by atoms with Crippen molar-refractivity contribution in [2.75, 3.05) is 6.61 Å². The van der Waals surface area contributed by atoms with Crippen LogP contribution in [0.3, 0.4) is 0 Å². The van der Waals surface area contributed by atoms with Crippen LogP contribution in [0.15, 0.2) is 59.7 Å². The maximum Gasteiger partial charge on any atom is 0.261 e. The fourth-order valence-electron chi connectivity index (χ4n) is 2.64. The van der Waals surface area contributed by atoms with Gasteiger partial charge in [0.1, 0.15) is 5.75 Å². The van der Waals surface area contributed by atoms with Gasteiger partial charge in [0.15, 0.2) is 0 Å². The summed E-state index contributed by atoms with van der Waals surface area (Å²) >= 11 is 0. The van der Waals surface area contributed by atoms with E-state index in [4.69, 9.17) is 4.74 Å². The second-order valence-corrected chi connectivity index (χ2v) is 6.19. The zero-order valence-corrected chi connectivity index (χ0v) is 14.1. The number of para-hydroxylation sites is 1. The molecule has 2 aromatic carbocycles. The molecule has 3 aromatic rings. The Hall–Kier alpha value is -2.62. The van der Waals surface area contributed by atoms with E-state index in [2.05, 4.69) is 31.0 Å². The predicted octanol–water partition coefficient (Wildman–Crippen LogP) is 3.99. The van der Waals surface area contributed by atoms with Crippen molar-refractivity contribution in [3.8, 4) is 5.75 Å². The average molecular weight is 322 g/mol. The zero-order chi connectivity index (χ0) is 16.9. The lowest BCUT2D eigenvalue weighted by molar-refractivity contribution is 0.300. The first-order valence-corrected chi connectivity index (χ1v) is 8.32. The first-order chi connectivity index (χ1) is 11.6. The number of aryl methyl sites for hydroxylation is 1. The molecular weight excluding hydrogens is 300 g/mol. The molecule has 0 radical (unpaired) electrons. The first-order valence-electron chi connectivity index (χ1n) is 8.32. The van der Waals surface area contributed by atoms with Crippen LogP contribution in [-0.4, -0.2) is 16.2 Å². The molecule has 1 heterocycles. The molecule has 0 amide bonds. The number of hydrogen-bond donors (Lipinski definition) is 0. The van der Waals surface area contributed by atoms with Gasteiger partial charge in [-0.3, -0.25) is 9.36 Å². The van der Waals surface area contributed by atoms with Gasteiger partial charge in [-0.2, -0.15) is 0 Å². The Kier molecular flexibility index (Phi) is 4.94. The lowest BCUT2D eigenvalue weighted by Gasteiger charge is -2.10. The largest absolute Gasteiger partial charge is 0.494 e. The Bertz CT molecular complexity index is 867. The molecule has 0 atom stereocenters.